The van der Waals surface area contributed by atoms with Crippen LogP contribution in [0, 0.1) is 6.92 Å². The lowest BCUT2D eigenvalue weighted by molar-refractivity contribution is -0.136. The van der Waals surface area contributed by atoms with E-state index in [1.807, 2.05) is 0 Å². The Balaban J connectivity index is 2.96. The summed E-state index contributed by atoms with van der Waals surface area (Å²) in [4.78, 5) is 21.9. The molecule has 0 aliphatic heterocycles. The van der Waals surface area contributed by atoms with Crippen molar-refractivity contribution in [1.29, 1.82) is 0 Å². The summed E-state index contributed by atoms with van der Waals surface area (Å²) < 4.78 is 25.8. The van der Waals surface area contributed by atoms with Crippen LogP contribution in [-0.2, 0) is 14.8 Å². The van der Waals surface area contributed by atoms with Crippen LogP contribution in [0.3, 0.4) is 0 Å². The molecular weight excluding hydrogens is 284 g/mol. The van der Waals surface area contributed by atoms with Crippen molar-refractivity contribution in [2.24, 2.45) is 0 Å². The maximum Gasteiger partial charge on any atom is 0.304 e. The smallest absolute Gasteiger partial charge is 0.304 e. The Morgan fingerprint density at radius 3 is 2.50 bits per heavy atom. The molecule has 110 valence electrons. The van der Waals surface area contributed by atoms with Crippen molar-refractivity contribution >= 4 is 27.6 Å². The Morgan fingerprint density at radius 1 is 1.30 bits per heavy atom. The molecule has 1 amide bonds. The van der Waals surface area contributed by atoms with E-state index < -0.39 is 28.2 Å². The van der Waals surface area contributed by atoms with E-state index in [4.69, 9.17) is 5.11 Å². The van der Waals surface area contributed by atoms with Gasteiger partial charge in [-0.2, -0.15) is 0 Å². The number of nitrogens with one attached hydrogen (secondary N) is 2. The van der Waals surface area contributed by atoms with Gasteiger partial charge in [-0.3, -0.25) is 14.3 Å². The van der Waals surface area contributed by atoms with Crippen LogP contribution in [0.15, 0.2) is 18.2 Å². The molecule has 0 atom stereocenters. The zero-order valence-electron chi connectivity index (χ0n) is 11.1. The van der Waals surface area contributed by atoms with Crippen LogP contribution in [0.2, 0.25) is 0 Å². The van der Waals surface area contributed by atoms with Gasteiger partial charge in [0.1, 0.15) is 0 Å². The molecule has 8 heteroatoms. The summed E-state index contributed by atoms with van der Waals surface area (Å²) in [6.07, 6.45) is -0.483. The third kappa shape index (κ3) is 4.54. The van der Waals surface area contributed by atoms with E-state index in [0.717, 1.165) is 0 Å². The molecule has 0 unspecified atom stereocenters. The van der Waals surface area contributed by atoms with Crippen LogP contribution in [0.4, 0.5) is 5.69 Å². The number of aryl methyl sites for hydroxylation is 1. The number of hydrogen-bond acceptors (Lipinski definition) is 4. The first kappa shape index (κ1) is 16.0. The van der Waals surface area contributed by atoms with Gasteiger partial charge in [-0.1, -0.05) is 6.07 Å². The van der Waals surface area contributed by atoms with Crippen LogP contribution in [0.25, 0.3) is 0 Å². The fourth-order valence-corrected chi connectivity index (χ4v) is 2.56. The highest BCUT2D eigenvalue weighted by Crippen LogP contribution is 2.18. The zero-order chi connectivity index (χ0) is 15.3. The number of anilines is 1. The van der Waals surface area contributed by atoms with Crippen molar-refractivity contribution in [3.05, 3.63) is 29.3 Å². The number of hydrogen-bond donors (Lipinski definition) is 3. The quantitative estimate of drug-likeness (QED) is 0.711. The number of carboxylic acids is 1. The van der Waals surface area contributed by atoms with Crippen molar-refractivity contribution in [3.63, 3.8) is 0 Å². The third-order valence-electron chi connectivity index (χ3n) is 2.58. The largest absolute Gasteiger partial charge is 0.481 e. The number of sulfonamides is 1. The van der Waals surface area contributed by atoms with Gasteiger partial charge in [-0.05, 0) is 24.6 Å². The normalized spacial score (nSPS) is 10.9. The first-order valence-electron chi connectivity index (χ1n) is 5.80. The Morgan fingerprint density at radius 2 is 1.95 bits per heavy atom. The fourth-order valence-electron chi connectivity index (χ4n) is 1.46. The Kier molecular flexibility index (Phi) is 5.09. The lowest BCUT2D eigenvalue weighted by Gasteiger charge is -2.11. The Labute approximate surface area is 117 Å². The van der Waals surface area contributed by atoms with E-state index in [2.05, 4.69) is 10.0 Å². The van der Waals surface area contributed by atoms with E-state index in [1.54, 1.807) is 19.1 Å². The second-order valence-electron chi connectivity index (χ2n) is 4.17. The van der Waals surface area contributed by atoms with Gasteiger partial charge in [-0.25, -0.2) is 8.42 Å². The molecule has 0 aliphatic carbocycles. The van der Waals surface area contributed by atoms with Crippen molar-refractivity contribution in [2.45, 2.75) is 13.3 Å². The maximum absolute atomic E-state index is 11.7. The van der Waals surface area contributed by atoms with Gasteiger partial charge < -0.3 is 10.4 Å². The summed E-state index contributed by atoms with van der Waals surface area (Å²) in [7, 11) is -2.29. The molecule has 20 heavy (non-hydrogen) atoms. The van der Waals surface area contributed by atoms with Crippen LogP contribution in [0.1, 0.15) is 22.3 Å². The minimum atomic E-state index is -3.76. The first-order chi connectivity index (χ1) is 9.25. The average Bonchev–Trinajstić information content (AvgIpc) is 2.38. The minimum absolute atomic E-state index is 0.261. The lowest BCUT2D eigenvalue weighted by Crippen LogP contribution is -2.21. The monoisotopic (exact) mass is 300 g/mol. The zero-order valence-corrected chi connectivity index (χ0v) is 12.0. The van der Waals surface area contributed by atoms with Crippen molar-refractivity contribution < 1.29 is 23.1 Å². The molecule has 0 saturated heterocycles. The predicted molar refractivity (Wildman–Crippen MR) is 74.2 cm³/mol. The standard InChI is InChI=1S/C12H16N2O5S/c1-8-3-4-9(12(17)13-2)7-10(8)14-20(18,19)6-5-11(15)16/h3-4,7,14H,5-6H2,1-2H3,(H,13,17)(H,15,16). The highest BCUT2D eigenvalue weighted by atomic mass is 32.2. The van der Waals surface area contributed by atoms with Crippen molar-refractivity contribution in [1.82, 2.24) is 5.32 Å². The summed E-state index contributed by atoms with van der Waals surface area (Å²) in [5.74, 6) is -2.05. The Hall–Kier alpha value is -2.09. The highest BCUT2D eigenvalue weighted by molar-refractivity contribution is 7.92. The van der Waals surface area contributed by atoms with Crippen LogP contribution < -0.4 is 10.0 Å². The second kappa shape index (κ2) is 6.38. The molecule has 0 radical (unpaired) electrons. The number of carbonyl (C=O) groups excluding carboxylic acids is 1. The number of carbonyl (C=O) groups is 2. The molecule has 1 rings (SSSR count). The van der Waals surface area contributed by atoms with Gasteiger partial charge in [0, 0.05) is 12.6 Å². The van der Waals surface area contributed by atoms with Gasteiger partial charge in [0.25, 0.3) is 5.91 Å². The summed E-state index contributed by atoms with van der Waals surface area (Å²) in [5, 5.41) is 10.9. The molecule has 7 nitrogen and oxygen atoms in total. The van der Waals surface area contributed by atoms with Crippen molar-refractivity contribution in [3.8, 4) is 0 Å². The summed E-state index contributed by atoms with van der Waals surface area (Å²) in [6.45, 7) is 1.68. The Bertz CT molecular complexity index is 625. The molecule has 0 aromatic heterocycles. The number of benzene rings is 1. The third-order valence-corrected chi connectivity index (χ3v) is 3.85. The van der Waals surface area contributed by atoms with Crippen LogP contribution >= 0.6 is 0 Å². The highest BCUT2D eigenvalue weighted by Gasteiger charge is 2.15. The lowest BCUT2D eigenvalue weighted by atomic mass is 10.1. The number of rotatable bonds is 6. The summed E-state index contributed by atoms with van der Waals surface area (Å²) in [5.41, 5.74) is 1.21. The predicted octanol–water partition coefficient (Wildman–Crippen LogP) is 0.571. The van der Waals surface area contributed by atoms with Gasteiger partial charge in [-0.15, -0.1) is 0 Å². The molecule has 0 fully saturated rings. The van der Waals surface area contributed by atoms with Crippen LogP contribution in [0.5, 0.6) is 0 Å². The van der Waals surface area contributed by atoms with E-state index in [0.29, 0.717) is 11.1 Å². The molecule has 0 spiro atoms. The molecule has 0 heterocycles. The number of amides is 1. The summed E-state index contributed by atoms with van der Waals surface area (Å²) in [6, 6.07) is 4.59. The topological polar surface area (TPSA) is 113 Å². The average molecular weight is 300 g/mol. The SMILES string of the molecule is CNC(=O)c1ccc(C)c(NS(=O)(=O)CCC(=O)O)c1. The molecule has 1 aromatic carbocycles. The van der Waals surface area contributed by atoms with Gasteiger partial charge in [0.05, 0.1) is 17.9 Å². The molecular formula is C12H16N2O5S. The van der Waals surface area contributed by atoms with Gasteiger partial charge >= 0.3 is 5.97 Å². The van der Waals surface area contributed by atoms with E-state index in [9.17, 15) is 18.0 Å². The number of carboxylic acid groups (broad SMARTS) is 1. The van der Waals surface area contributed by atoms with Gasteiger partial charge in [0.2, 0.25) is 10.0 Å². The number of aliphatic carboxylic acids is 1. The minimum Gasteiger partial charge on any atom is -0.481 e. The van der Waals surface area contributed by atoms with Crippen LogP contribution in [-0.4, -0.2) is 38.2 Å². The van der Waals surface area contributed by atoms with E-state index >= 15 is 0 Å². The maximum atomic E-state index is 11.7. The second-order valence-corrected chi connectivity index (χ2v) is 6.02. The molecule has 0 bridgehead atoms. The fraction of sp³-hybridized carbons (Fsp3) is 0.333. The summed E-state index contributed by atoms with van der Waals surface area (Å²) >= 11 is 0. The molecule has 0 saturated carbocycles. The molecule has 3 N–H and O–H groups in total. The van der Waals surface area contributed by atoms with E-state index in [1.165, 1.54) is 13.1 Å². The molecule has 0 aliphatic rings. The first-order valence-corrected chi connectivity index (χ1v) is 7.45. The van der Waals surface area contributed by atoms with Crippen molar-refractivity contribution in [2.75, 3.05) is 17.5 Å². The van der Waals surface area contributed by atoms with E-state index in [-0.39, 0.29) is 11.6 Å². The van der Waals surface area contributed by atoms with Gasteiger partial charge in [0.15, 0.2) is 0 Å². The molecule has 1 aromatic rings.